The lowest BCUT2D eigenvalue weighted by Gasteiger charge is -2.17. The van der Waals surface area contributed by atoms with Crippen molar-refractivity contribution in [3.05, 3.63) is 59.2 Å². The van der Waals surface area contributed by atoms with Crippen molar-refractivity contribution in [1.82, 2.24) is 10.6 Å². The van der Waals surface area contributed by atoms with Crippen molar-refractivity contribution in [2.75, 3.05) is 13.7 Å². The second-order valence-electron chi connectivity index (χ2n) is 6.03. The molecule has 0 atom stereocenters. The predicted octanol–water partition coefficient (Wildman–Crippen LogP) is 4.14. The molecular formula is C20H21F3N2O4. The minimum Gasteiger partial charge on any atom is -0.493 e. The molecule has 0 saturated heterocycles. The van der Waals surface area contributed by atoms with E-state index >= 15 is 0 Å². The van der Waals surface area contributed by atoms with E-state index < -0.39 is 29.2 Å². The summed E-state index contributed by atoms with van der Waals surface area (Å²) in [7, 11) is 1.20. The molecule has 6 nitrogen and oxygen atoms in total. The number of carbonyl (C=O) groups is 2. The zero-order valence-electron chi connectivity index (χ0n) is 15.9. The number of rotatable bonds is 7. The molecule has 0 heterocycles. The Morgan fingerprint density at radius 3 is 2.34 bits per heavy atom. The van der Waals surface area contributed by atoms with Crippen LogP contribution in [0.2, 0.25) is 0 Å². The maximum atomic E-state index is 13.5. The zero-order valence-corrected chi connectivity index (χ0v) is 15.9. The van der Waals surface area contributed by atoms with Crippen molar-refractivity contribution in [3.8, 4) is 11.5 Å². The molecule has 156 valence electrons. The highest BCUT2D eigenvalue weighted by atomic mass is 19.4. The summed E-state index contributed by atoms with van der Waals surface area (Å²) in [4.78, 5) is 24.0. The summed E-state index contributed by atoms with van der Waals surface area (Å²) in [5.74, 6) is -1.43. The van der Waals surface area contributed by atoms with Crippen LogP contribution in [0.5, 0.6) is 11.5 Å². The molecule has 3 amide bonds. The van der Waals surface area contributed by atoms with Crippen LogP contribution < -0.4 is 20.1 Å². The van der Waals surface area contributed by atoms with Gasteiger partial charge in [-0.1, -0.05) is 37.3 Å². The van der Waals surface area contributed by atoms with Crippen LogP contribution in [0.15, 0.2) is 42.5 Å². The third kappa shape index (κ3) is 6.13. The van der Waals surface area contributed by atoms with Gasteiger partial charge in [-0.3, -0.25) is 10.1 Å². The van der Waals surface area contributed by atoms with Gasteiger partial charge in [-0.25, -0.2) is 4.79 Å². The molecule has 0 fully saturated rings. The van der Waals surface area contributed by atoms with Gasteiger partial charge in [0.15, 0.2) is 11.5 Å². The van der Waals surface area contributed by atoms with Gasteiger partial charge in [-0.05, 0) is 24.1 Å². The number of alkyl halides is 3. The molecule has 2 N–H and O–H groups in total. The number of ether oxygens (including phenoxy) is 2. The molecule has 0 aliphatic rings. The third-order valence-electron chi connectivity index (χ3n) is 3.85. The molecule has 2 aromatic carbocycles. The number of methoxy groups -OCH3 is 1. The summed E-state index contributed by atoms with van der Waals surface area (Å²) in [6.07, 6.45) is -4.23. The van der Waals surface area contributed by atoms with E-state index in [0.29, 0.717) is 12.5 Å². The summed E-state index contributed by atoms with van der Waals surface area (Å²) in [6, 6.07) is 9.67. The molecule has 0 unspecified atom stereocenters. The molecule has 0 spiro atoms. The van der Waals surface area contributed by atoms with Crippen LogP contribution in [0.25, 0.3) is 0 Å². The van der Waals surface area contributed by atoms with Crippen molar-refractivity contribution in [2.24, 2.45) is 0 Å². The van der Waals surface area contributed by atoms with E-state index in [1.807, 2.05) is 11.4 Å². The molecule has 2 rings (SSSR count). The van der Waals surface area contributed by atoms with Crippen LogP contribution in [0.3, 0.4) is 0 Å². The van der Waals surface area contributed by atoms with E-state index in [-0.39, 0.29) is 24.7 Å². The maximum absolute atomic E-state index is 13.5. The van der Waals surface area contributed by atoms with Crippen LogP contribution >= 0.6 is 0 Å². The van der Waals surface area contributed by atoms with Crippen LogP contribution in [0, 0.1) is 0 Å². The van der Waals surface area contributed by atoms with Crippen LogP contribution in [0.1, 0.15) is 34.8 Å². The minimum atomic E-state index is -4.84. The van der Waals surface area contributed by atoms with Crippen molar-refractivity contribution in [2.45, 2.75) is 26.1 Å². The Hall–Kier alpha value is -3.23. The second kappa shape index (κ2) is 9.81. The van der Waals surface area contributed by atoms with E-state index in [1.54, 1.807) is 31.2 Å². The van der Waals surface area contributed by atoms with Crippen molar-refractivity contribution < 1.29 is 32.2 Å². The summed E-state index contributed by atoms with van der Waals surface area (Å²) < 4.78 is 51.0. The highest BCUT2D eigenvalue weighted by molar-refractivity contribution is 6.05. The van der Waals surface area contributed by atoms with Gasteiger partial charge in [0.1, 0.15) is 6.61 Å². The van der Waals surface area contributed by atoms with Gasteiger partial charge >= 0.3 is 12.2 Å². The number of halogens is 3. The van der Waals surface area contributed by atoms with Crippen molar-refractivity contribution in [3.63, 3.8) is 0 Å². The number of imide groups is 1. The quantitative estimate of drug-likeness (QED) is 0.719. The Morgan fingerprint density at radius 1 is 1.07 bits per heavy atom. The Labute approximate surface area is 166 Å². The first-order valence-corrected chi connectivity index (χ1v) is 8.81. The van der Waals surface area contributed by atoms with E-state index in [4.69, 9.17) is 9.47 Å². The van der Waals surface area contributed by atoms with Crippen molar-refractivity contribution >= 4 is 11.9 Å². The van der Waals surface area contributed by atoms with Crippen LogP contribution in [-0.2, 0) is 12.8 Å². The number of hydrogen-bond acceptors (Lipinski definition) is 4. The number of nitrogens with one attached hydrogen (secondary N) is 2. The van der Waals surface area contributed by atoms with Crippen LogP contribution in [0.4, 0.5) is 18.0 Å². The van der Waals surface area contributed by atoms with Gasteiger partial charge in [-0.15, -0.1) is 0 Å². The highest BCUT2D eigenvalue weighted by Crippen LogP contribution is 2.39. The fourth-order valence-electron chi connectivity index (χ4n) is 2.44. The maximum Gasteiger partial charge on any atom is 0.417 e. The summed E-state index contributed by atoms with van der Waals surface area (Å²) in [6.45, 7) is 2.13. The predicted molar refractivity (Wildman–Crippen MR) is 99.9 cm³/mol. The fourth-order valence-corrected chi connectivity index (χ4v) is 2.44. The van der Waals surface area contributed by atoms with Gasteiger partial charge in [0.25, 0.3) is 5.91 Å². The van der Waals surface area contributed by atoms with Crippen molar-refractivity contribution in [1.29, 1.82) is 0 Å². The smallest absolute Gasteiger partial charge is 0.417 e. The first-order valence-electron chi connectivity index (χ1n) is 8.81. The lowest BCUT2D eigenvalue weighted by Crippen LogP contribution is -2.40. The summed E-state index contributed by atoms with van der Waals surface area (Å²) >= 11 is 0. The highest BCUT2D eigenvalue weighted by Gasteiger charge is 2.37. The number of urea groups is 1. The molecule has 0 bridgehead atoms. The lowest BCUT2D eigenvalue weighted by atomic mass is 10.0. The van der Waals surface area contributed by atoms with Gasteiger partial charge < -0.3 is 14.8 Å². The molecular weight excluding hydrogens is 389 g/mol. The van der Waals surface area contributed by atoms with Gasteiger partial charge in [0.2, 0.25) is 0 Å². The first-order chi connectivity index (χ1) is 13.8. The minimum absolute atomic E-state index is 0.0523. The number of benzene rings is 2. The number of hydrogen-bond donors (Lipinski definition) is 2. The van der Waals surface area contributed by atoms with E-state index in [1.165, 1.54) is 7.11 Å². The molecule has 0 aromatic heterocycles. The van der Waals surface area contributed by atoms with E-state index in [0.717, 1.165) is 11.6 Å². The monoisotopic (exact) mass is 410 g/mol. The molecule has 0 saturated carbocycles. The van der Waals surface area contributed by atoms with Gasteiger partial charge in [0.05, 0.1) is 18.2 Å². The Bertz CT molecular complexity index is 855. The van der Waals surface area contributed by atoms with E-state index in [2.05, 4.69) is 5.32 Å². The number of amides is 3. The van der Waals surface area contributed by atoms with Crippen LogP contribution in [-0.4, -0.2) is 25.6 Å². The summed E-state index contributed by atoms with van der Waals surface area (Å²) in [5, 5.41) is 4.26. The molecule has 9 heteroatoms. The van der Waals surface area contributed by atoms with Gasteiger partial charge in [-0.2, -0.15) is 13.2 Å². The normalized spacial score (nSPS) is 10.9. The average molecular weight is 410 g/mol. The SMILES string of the molecule is CCCNC(=O)NC(=O)c1cc(OCc2ccccc2)c(OC)cc1C(F)(F)F. The standard InChI is InChI=1S/C20H21F3N2O4/c1-3-9-24-19(27)25-18(26)14-10-17(29-12-13-7-5-4-6-8-13)16(28-2)11-15(14)20(21,22)23/h4-8,10-11H,3,9,12H2,1-2H3,(H2,24,25,26,27). The fraction of sp³-hybridized carbons (Fsp3) is 0.300. The molecule has 2 aromatic rings. The Kier molecular flexibility index (Phi) is 7.46. The first kappa shape index (κ1) is 22.1. The third-order valence-corrected chi connectivity index (χ3v) is 3.85. The lowest BCUT2D eigenvalue weighted by molar-refractivity contribution is -0.138. The molecule has 29 heavy (non-hydrogen) atoms. The van der Waals surface area contributed by atoms with E-state index in [9.17, 15) is 22.8 Å². The number of carbonyl (C=O) groups excluding carboxylic acids is 2. The average Bonchev–Trinajstić information content (AvgIpc) is 2.70. The zero-order chi connectivity index (χ0) is 21.4. The Morgan fingerprint density at radius 2 is 1.76 bits per heavy atom. The molecule has 0 aliphatic heterocycles. The largest absolute Gasteiger partial charge is 0.493 e. The summed E-state index contributed by atoms with van der Waals surface area (Å²) in [5.41, 5.74) is -1.20. The second-order valence-corrected chi connectivity index (χ2v) is 6.03. The molecule has 0 aliphatic carbocycles. The topological polar surface area (TPSA) is 76.7 Å². The Balaban J connectivity index is 2.35. The van der Waals surface area contributed by atoms with Gasteiger partial charge in [0, 0.05) is 6.54 Å². The molecule has 0 radical (unpaired) electrons.